The third kappa shape index (κ3) is 2.46. The largest absolute Gasteiger partial charge is 0.508 e. The Labute approximate surface area is 97.6 Å². The smallest absolute Gasteiger partial charge is 0.407 e. The van der Waals surface area contributed by atoms with Gasteiger partial charge in [0, 0.05) is 10.6 Å². The molecule has 1 aromatic rings. The number of cyclic esters (lactones) is 1. The molecular formula is C9H9Cl2NO3. The molecule has 15 heavy (non-hydrogen) atoms. The maximum atomic E-state index is 10.8. The Morgan fingerprint density at radius 1 is 1.53 bits per heavy atom. The van der Waals surface area contributed by atoms with Gasteiger partial charge in [0.15, 0.2) is 0 Å². The van der Waals surface area contributed by atoms with E-state index in [0.717, 1.165) is 0 Å². The second-order valence-corrected chi connectivity index (χ2v) is 3.43. The minimum absolute atomic E-state index is 0. The van der Waals surface area contributed by atoms with Gasteiger partial charge in [-0.05, 0) is 18.2 Å². The van der Waals surface area contributed by atoms with Crippen LogP contribution in [0.2, 0.25) is 5.02 Å². The fraction of sp³-hybridized carbons (Fsp3) is 0.222. The van der Waals surface area contributed by atoms with Crippen molar-refractivity contribution in [3.63, 3.8) is 0 Å². The van der Waals surface area contributed by atoms with Crippen molar-refractivity contribution in [3.05, 3.63) is 28.8 Å². The van der Waals surface area contributed by atoms with E-state index in [1.165, 1.54) is 6.07 Å². The molecule has 1 aromatic carbocycles. The summed E-state index contributed by atoms with van der Waals surface area (Å²) in [6.07, 6.45) is -0.477. The van der Waals surface area contributed by atoms with Crippen LogP contribution >= 0.6 is 24.0 Å². The molecule has 0 spiro atoms. The van der Waals surface area contributed by atoms with Crippen LogP contribution in [-0.4, -0.2) is 17.8 Å². The summed E-state index contributed by atoms with van der Waals surface area (Å²) in [6, 6.07) is 4.36. The Kier molecular flexibility index (Phi) is 3.66. The Morgan fingerprint density at radius 3 is 2.87 bits per heavy atom. The predicted octanol–water partition coefficient (Wildman–Crippen LogP) is 2.25. The Hall–Kier alpha value is -1.13. The van der Waals surface area contributed by atoms with Gasteiger partial charge in [-0.3, -0.25) is 0 Å². The number of benzene rings is 1. The van der Waals surface area contributed by atoms with Gasteiger partial charge >= 0.3 is 6.09 Å². The molecular weight excluding hydrogens is 241 g/mol. The SMILES string of the molecule is Cl.O=C1N[C@H](c2cc(Cl)ccc2O)CO1. The number of nitrogens with one attached hydrogen (secondary N) is 1. The quantitative estimate of drug-likeness (QED) is 0.803. The number of carbonyl (C=O) groups excluding carboxylic acids is 1. The first-order chi connectivity index (χ1) is 6.66. The number of hydrogen-bond donors (Lipinski definition) is 2. The highest BCUT2D eigenvalue weighted by atomic mass is 35.5. The average molecular weight is 250 g/mol. The molecule has 1 atom stereocenters. The third-order valence-electron chi connectivity index (χ3n) is 2.04. The summed E-state index contributed by atoms with van der Waals surface area (Å²) in [4.78, 5) is 10.8. The molecule has 0 bridgehead atoms. The second kappa shape index (κ2) is 4.59. The standard InChI is InChI=1S/C9H8ClNO3.ClH/c10-5-1-2-8(12)6(3-5)7-4-14-9(13)11-7;/h1-3,7,12H,4H2,(H,11,13);1H/t7-;/m0./s1. The van der Waals surface area contributed by atoms with Crippen LogP contribution < -0.4 is 5.32 Å². The Balaban J connectivity index is 0.00000112. The van der Waals surface area contributed by atoms with Gasteiger partial charge in [0.2, 0.25) is 0 Å². The minimum atomic E-state index is -0.477. The van der Waals surface area contributed by atoms with E-state index in [0.29, 0.717) is 10.6 Å². The zero-order valence-electron chi connectivity index (χ0n) is 7.57. The van der Waals surface area contributed by atoms with E-state index in [-0.39, 0.29) is 30.8 Å². The maximum absolute atomic E-state index is 10.8. The summed E-state index contributed by atoms with van der Waals surface area (Å²) < 4.78 is 4.71. The lowest BCUT2D eigenvalue weighted by molar-refractivity contribution is 0.177. The van der Waals surface area contributed by atoms with Gasteiger partial charge in [0.05, 0.1) is 6.04 Å². The highest BCUT2D eigenvalue weighted by Gasteiger charge is 2.25. The van der Waals surface area contributed by atoms with Gasteiger partial charge < -0.3 is 15.2 Å². The fourth-order valence-electron chi connectivity index (χ4n) is 1.36. The lowest BCUT2D eigenvalue weighted by atomic mass is 10.1. The fourth-order valence-corrected chi connectivity index (χ4v) is 1.54. The van der Waals surface area contributed by atoms with Crippen LogP contribution in [0.5, 0.6) is 5.75 Å². The first kappa shape index (κ1) is 11.9. The highest BCUT2D eigenvalue weighted by molar-refractivity contribution is 6.30. The van der Waals surface area contributed by atoms with Gasteiger partial charge in [0.1, 0.15) is 12.4 Å². The molecule has 1 amide bonds. The van der Waals surface area contributed by atoms with Crippen molar-refractivity contribution in [3.8, 4) is 5.75 Å². The molecule has 0 unspecified atom stereocenters. The first-order valence-electron chi connectivity index (χ1n) is 4.08. The zero-order valence-corrected chi connectivity index (χ0v) is 9.14. The van der Waals surface area contributed by atoms with E-state index in [1.54, 1.807) is 12.1 Å². The number of amides is 1. The van der Waals surface area contributed by atoms with E-state index >= 15 is 0 Å². The molecule has 1 heterocycles. The molecule has 6 heteroatoms. The van der Waals surface area contributed by atoms with E-state index in [2.05, 4.69) is 5.32 Å². The van der Waals surface area contributed by atoms with Crippen molar-refractivity contribution in [2.24, 2.45) is 0 Å². The van der Waals surface area contributed by atoms with Crippen LogP contribution in [0.3, 0.4) is 0 Å². The van der Waals surface area contributed by atoms with Crippen molar-refractivity contribution >= 4 is 30.1 Å². The molecule has 1 aliphatic rings. The molecule has 1 saturated heterocycles. The van der Waals surface area contributed by atoms with Crippen molar-refractivity contribution in [1.82, 2.24) is 5.32 Å². The summed E-state index contributed by atoms with van der Waals surface area (Å²) in [5.74, 6) is 0.102. The monoisotopic (exact) mass is 249 g/mol. The van der Waals surface area contributed by atoms with Crippen molar-refractivity contribution < 1.29 is 14.6 Å². The van der Waals surface area contributed by atoms with E-state index < -0.39 is 6.09 Å². The number of hydrogen-bond acceptors (Lipinski definition) is 3. The third-order valence-corrected chi connectivity index (χ3v) is 2.27. The maximum Gasteiger partial charge on any atom is 0.407 e. The average Bonchev–Trinajstić information content (AvgIpc) is 2.56. The number of aromatic hydroxyl groups is 1. The van der Waals surface area contributed by atoms with Crippen LogP contribution in [0.25, 0.3) is 0 Å². The number of phenolic OH excluding ortho intramolecular Hbond substituents is 1. The topological polar surface area (TPSA) is 58.6 Å². The molecule has 1 fully saturated rings. The zero-order chi connectivity index (χ0) is 10.1. The molecule has 2 rings (SSSR count). The number of halogens is 2. The van der Waals surface area contributed by atoms with E-state index in [9.17, 15) is 9.90 Å². The number of rotatable bonds is 1. The molecule has 0 aliphatic carbocycles. The van der Waals surface area contributed by atoms with Crippen molar-refractivity contribution in [1.29, 1.82) is 0 Å². The van der Waals surface area contributed by atoms with Gasteiger partial charge in [-0.1, -0.05) is 11.6 Å². The lowest BCUT2D eigenvalue weighted by Crippen LogP contribution is -2.18. The lowest BCUT2D eigenvalue weighted by Gasteiger charge is -2.09. The van der Waals surface area contributed by atoms with Gasteiger partial charge in [0.25, 0.3) is 0 Å². The van der Waals surface area contributed by atoms with Gasteiger partial charge in [-0.25, -0.2) is 4.79 Å². The number of phenols is 1. The molecule has 4 nitrogen and oxygen atoms in total. The van der Waals surface area contributed by atoms with Crippen LogP contribution in [0.15, 0.2) is 18.2 Å². The Bertz CT molecular complexity index is 384. The minimum Gasteiger partial charge on any atom is -0.508 e. The van der Waals surface area contributed by atoms with Crippen LogP contribution in [0.1, 0.15) is 11.6 Å². The number of alkyl carbamates (subject to hydrolysis) is 1. The Morgan fingerprint density at radius 2 is 2.27 bits per heavy atom. The van der Waals surface area contributed by atoms with Crippen LogP contribution in [0.4, 0.5) is 4.79 Å². The summed E-state index contributed by atoms with van der Waals surface area (Å²) in [5, 5.41) is 12.6. The molecule has 1 aliphatic heterocycles. The molecule has 0 aromatic heterocycles. The number of ether oxygens (including phenoxy) is 1. The summed E-state index contributed by atoms with van der Waals surface area (Å²) >= 11 is 5.77. The first-order valence-corrected chi connectivity index (χ1v) is 4.46. The summed E-state index contributed by atoms with van der Waals surface area (Å²) in [7, 11) is 0. The number of carbonyl (C=O) groups is 1. The summed E-state index contributed by atoms with van der Waals surface area (Å²) in [6.45, 7) is 0.215. The van der Waals surface area contributed by atoms with E-state index in [4.69, 9.17) is 16.3 Å². The predicted molar refractivity (Wildman–Crippen MR) is 57.6 cm³/mol. The highest BCUT2D eigenvalue weighted by Crippen LogP contribution is 2.29. The molecule has 2 N–H and O–H groups in total. The van der Waals surface area contributed by atoms with Gasteiger partial charge in [-0.2, -0.15) is 0 Å². The molecule has 0 saturated carbocycles. The van der Waals surface area contributed by atoms with Crippen LogP contribution in [0, 0.1) is 0 Å². The van der Waals surface area contributed by atoms with Gasteiger partial charge in [-0.15, -0.1) is 12.4 Å². The van der Waals surface area contributed by atoms with Crippen LogP contribution in [-0.2, 0) is 4.74 Å². The van der Waals surface area contributed by atoms with Crippen molar-refractivity contribution in [2.45, 2.75) is 6.04 Å². The van der Waals surface area contributed by atoms with Crippen molar-refractivity contribution in [2.75, 3.05) is 6.61 Å². The molecule has 0 radical (unpaired) electrons. The second-order valence-electron chi connectivity index (χ2n) is 3.00. The van der Waals surface area contributed by atoms with E-state index in [1.807, 2.05) is 0 Å². The molecule has 82 valence electrons. The normalized spacial score (nSPS) is 19.0. The summed E-state index contributed by atoms with van der Waals surface area (Å²) in [5.41, 5.74) is 0.573.